The van der Waals surface area contributed by atoms with Crippen LogP contribution in [0.4, 0.5) is 10.1 Å². The van der Waals surface area contributed by atoms with Crippen LogP contribution in [0.1, 0.15) is 0 Å². The molecule has 0 atom stereocenters. The number of nitrogens with one attached hydrogen (secondary N) is 2. The van der Waals surface area contributed by atoms with Crippen LogP contribution in [-0.4, -0.2) is 19.1 Å². The van der Waals surface area contributed by atoms with Crippen molar-refractivity contribution in [2.24, 2.45) is 0 Å². The van der Waals surface area contributed by atoms with Gasteiger partial charge in [0.2, 0.25) is 0 Å². The molecule has 1 fully saturated rings. The van der Waals surface area contributed by atoms with Gasteiger partial charge < -0.3 is 10.6 Å². The van der Waals surface area contributed by atoms with E-state index in [4.69, 9.17) is 11.6 Å². The van der Waals surface area contributed by atoms with Gasteiger partial charge in [0.25, 0.3) is 0 Å². The first-order valence-electron chi connectivity index (χ1n) is 4.18. The standard InChI is InChI=1S/C9H10ClFN2/c10-7-2-1-3-8(11)9(7)13-6-4-12-5-6/h1-3,6,12-13H,4-5H2. The zero-order chi connectivity index (χ0) is 9.26. The van der Waals surface area contributed by atoms with Crippen molar-refractivity contribution < 1.29 is 4.39 Å². The Hall–Kier alpha value is -0.800. The third kappa shape index (κ3) is 1.76. The van der Waals surface area contributed by atoms with E-state index in [0.717, 1.165) is 13.1 Å². The molecule has 2 rings (SSSR count). The molecule has 0 spiro atoms. The van der Waals surface area contributed by atoms with Gasteiger partial charge in [-0.15, -0.1) is 0 Å². The first-order valence-corrected chi connectivity index (χ1v) is 4.56. The molecule has 0 bridgehead atoms. The van der Waals surface area contributed by atoms with Crippen molar-refractivity contribution in [3.8, 4) is 0 Å². The minimum absolute atomic E-state index is 0.292. The number of halogens is 2. The summed E-state index contributed by atoms with van der Waals surface area (Å²) in [7, 11) is 0. The minimum atomic E-state index is -0.292. The first-order chi connectivity index (χ1) is 6.27. The molecule has 13 heavy (non-hydrogen) atoms. The monoisotopic (exact) mass is 200 g/mol. The fraction of sp³-hybridized carbons (Fsp3) is 0.333. The summed E-state index contributed by atoms with van der Waals surface area (Å²) in [4.78, 5) is 0. The lowest BCUT2D eigenvalue weighted by Gasteiger charge is -2.29. The third-order valence-electron chi connectivity index (χ3n) is 2.09. The molecule has 70 valence electrons. The molecule has 1 aromatic rings. The Balaban J connectivity index is 2.17. The normalized spacial score (nSPS) is 16.8. The van der Waals surface area contributed by atoms with Crippen molar-refractivity contribution in [1.29, 1.82) is 0 Å². The van der Waals surface area contributed by atoms with Crippen molar-refractivity contribution in [1.82, 2.24) is 5.32 Å². The summed E-state index contributed by atoms with van der Waals surface area (Å²) >= 11 is 5.83. The smallest absolute Gasteiger partial charge is 0.147 e. The molecular formula is C9H10ClFN2. The number of hydrogen-bond donors (Lipinski definition) is 2. The van der Waals surface area contributed by atoms with E-state index in [2.05, 4.69) is 10.6 Å². The number of hydrogen-bond acceptors (Lipinski definition) is 2. The Morgan fingerprint density at radius 3 is 2.77 bits per heavy atom. The fourth-order valence-electron chi connectivity index (χ4n) is 1.23. The number of anilines is 1. The summed E-state index contributed by atoms with van der Waals surface area (Å²) in [6, 6.07) is 4.98. The lowest BCUT2D eigenvalue weighted by Crippen LogP contribution is -2.51. The largest absolute Gasteiger partial charge is 0.376 e. The summed E-state index contributed by atoms with van der Waals surface area (Å²) < 4.78 is 13.2. The van der Waals surface area contributed by atoms with E-state index in [1.807, 2.05) is 0 Å². The van der Waals surface area contributed by atoms with Crippen LogP contribution in [0.2, 0.25) is 5.02 Å². The molecule has 0 aromatic heterocycles. The average molecular weight is 201 g/mol. The third-order valence-corrected chi connectivity index (χ3v) is 2.41. The SMILES string of the molecule is Fc1cccc(Cl)c1NC1CNC1. The molecule has 2 nitrogen and oxygen atoms in total. The Morgan fingerprint density at radius 2 is 2.23 bits per heavy atom. The Morgan fingerprint density at radius 1 is 1.46 bits per heavy atom. The van der Waals surface area contributed by atoms with Gasteiger partial charge in [-0.1, -0.05) is 17.7 Å². The van der Waals surface area contributed by atoms with Crippen molar-refractivity contribution in [3.05, 3.63) is 29.0 Å². The van der Waals surface area contributed by atoms with Gasteiger partial charge in [0.15, 0.2) is 0 Å². The van der Waals surface area contributed by atoms with Crippen LogP contribution >= 0.6 is 11.6 Å². The van der Waals surface area contributed by atoms with Crippen LogP contribution in [0.15, 0.2) is 18.2 Å². The second kappa shape index (κ2) is 3.52. The number of benzene rings is 1. The minimum Gasteiger partial charge on any atom is -0.376 e. The van der Waals surface area contributed by atoms with Gasteiger partial charge in [-0.3, -0.25) is 0 Å². The van der Waals surface area contributed by atoms with Crippen LogP contribution in [0.3, 0.4) is 0 Å². The maximum absolute atomic E-state index is 13.2. The Kier molecular flexibility index (Phi) is 2.38. The molecule has 1 aromatic carbocycles. The van der Waals surface area contributed by atoms with Gasteiger partial charge in [-0.25, -0.2) is 4.39 Å². The van der Waals surface area contributed by atoms with Crippen LogP contribution in [0, 0.1) is 5.82 Å². The zero-order valence-corrected chi connectivity index (χ0v) is 7.74. The summed E-state index contributed by atoms with van der Waals surface area (Å²) in [5.74, 6) is -0.292. The number of rotatable bonds is 2. The average Bonchev–Trinajstić information content (AvgIpc) is 2.00. The van der Waals surface area contributed by atoms with E-state index < -0.39 is 0 Å². The molecule has 0 radical (unpaired) electrons. The van der Waals surface area contributed by atoms with E-state index in [9.17, 15) is 4.39 Å². The molecule has 0 amide bonds. The second-order valence-electron chi connectivity index (χ2n) is 3.10. The molecule has 1 saturated heterocycles. The van der Waals surface area contributed by atoms with Gasteiger partial charge in [0.05, 0.1) is 16.8 Å². The van der Waals surface area contributed by atoms with Gasteiger partial charge >= 0.3 is 0 Å². The van der Waals surface area contributed by atoms with Crippen LogP contribution in [0.5, 0.6) is 0 Å². The van der Waals surface area contributed by atoms with Crippen LogP contribution in [-0.2, 0) is 0 Å². The highest BCUT2D eigenvalue weighted by molar-refractivity contribution is 6.33. The van der Waals surface area contributed by atoms with Crippen molar-refractivity contribution in [3.63, 3.8) is 0 Å². The van der Waals surface area contributed by atoms with E-state index in [1.54, 1.807) is 12.1 Å². The molecule has 1 aliphatic rings. The molecule has 0 aliphatic carbocycles. The highest BCUT2D eigenvalue weighted by Gasteiger charge is 2.18. The molecule has 0 unspecified atom stereocenters. The zero-order valence-electron chi connectivity index (χ0n) is 6.98. The lowest BCUT2D eigenvalue weighted by molar-refractivity contribution is 0.469. The quantitative estimate of drug-likeness (QED) is 0.762. The van der Waals surface area contributed by atoms with E-state index >= 15 is 0 Å². The molecule has 0 saturated carbocycles. The predicted molar refractivity (Wildman–Crippen MR) is 51.7 cm³/mol. The van der Waals surface area contributed by atoms with Gasteiger partial charge in [-0.2, -0.15) is 0 Å². The van der Waals surface area contributed by atoms with Crippen LogP contribution < -0.4 is 10.6 Å². The molecule has 4 heteroatoms. The fourth-order valence-corrected chi connectivity index (χ4v) is 1.45. The summed E-state index contributed by atoms with van der Waals surface area (Å²) in [5, 5.41) is 6.57. The van der Waals surface area contributed by atoms with E-state index in [-0.39, 0.29) is 5.82 Å². The first kappa shape index (κ1) is 8.78. The highest BCUT2D eigenvalue weighted by atomic mass is 35.5. The molecule has 1 aliphatic heterocycles. The van der Waals surface area contributed by atoms with Crippen molar-refractivity contribution >= 4 is 17.3 Å². The maximum atomic E-state index is 13.2. The second-order valence-corrected chi connectivity index (χ2v) is 3.50. The van der Waals surface area contributed by atoms with Crippen molar-refractivity contribution in [2.75, 3.05) is 18.4 Å². The molecular weight excluding hydrogens is 191 g/mol. The maximum Gasteiger partial charge on any atom is 0.147 e. The molecule has 2 N–H and O–H groups in total. The van der Waals surface area contributed by atoms with Crippen molar-refractivity contribution in [2.45, 2.75) is 6.04 Å². The van der Waals surface area contributed by atoms with Gasteiger partial charge in [0.1, 0.15) is 5.82 Å². The van der Waals surface area contributed by atoms with Gasteiger partial charge in [-0.05, 0) is 12.1 Å². The van der Waals surface area contributed by atoms with E-state index in [0.29, 0.717) is 16.8 Å². The summed E-state index contributed by atoms with van der Waals surface area (Å²) in [6.45, 7) is 1.73. The Bertz CT molecular complexity index is 292. The summed E-state index contributed by atoms with van der Waals surface area (Å²) in [6.07, 6.45) is 0. The Labute approximate surface area is 81.1 Å². The number of para-hydroxylation sites is 1. The predicted octanol–water partition coefficient (Wildman–Crippen LogP) is 1.86. The molecule has 1 heterocycles. The highest BCUT2D eigenvalue weighted by Crippen LogP contribution is 2.25. The lowest BCUT2D eigenvalue weighted by atomic mass is 10.1. The summed E-state index contributed by atoms with van der Waals surface area (Å²) in [5.41, 5.74) is 0.413. The van der Waals surface area contributed by atoms with Crippen LogP contribution in [0.25, 0.3) is 0 Å². The topological polar surface area (TPSA) is 24.1 Å². The van der Waals surface area contributed by atoms with E-state index in [1.165, 1.54) is 6.07 Å². The van der Waals surface area contributed by atoms with Gasteiger partial charge in [0, 0.05) is 13.1 Å².